The molecule has 0 bridgehead atoms. The van der Waals surface area contributed by atoms with Gasteiger partial charge in [0, 0.05) is 11.7 Å². The van der Waals surface area contributed by atoms with Gasteiger partial charge in [0.1, 0.15) is 5.82 Å². The number of nitrogens with zero attached hydrogens (tertiary/aromatic N) is 1. The largest absolute Gasteiger partial charge is 0.382 e. The van der Waals surface area contributed by atoms with Crippen LogP contribution in [0.1, 0.15) is 13.3 Å². The minimum absolute atomic E-state index is 0.147. The van der Waals surface area contributed by atoms with E-state index in [0.717, 1.165) is 0 Å². The maximum absolute atomic E-state index is 11.4. The van der Waals surface area contributed by atoms with Crippen LogP contribution in [0.3, 0.4) is 0 Å². The Balaban J connectivity index is 2.20. The van der Waals surface area contributed by atoms with Gasteiger partial charge in [-0.05, 0) is 25.5 Å². The highest BCUT2D eigenvalue weighted by molar-refractivity contribution is 7.91. The highest BCUT2D eigenvalue weighted by atomic mass is 32.2. The van der Waals surface area contributed by atoms with Gasteiger partial charge in [-0.1, -0.05) is 0 Å². The molecule has 0 aliphatic carbocycles. The molecule has 1 aromatic rings. The molecule has 5 nitrogen and oxygen atoms in total. The van der Waals surface area contributed by atoms with Crippen LogP contribution in [0.15, 0.2) is 18.3 Å². The monoisotopic (exact) mass is 241 g/mol. The molecule has 2 rings (SSSR count). The molecule has 1 aliphatic rings. The van der Waals surface area contributed by atoms with Crippen LogP contribution in [-0.4, -0.2) is 30.4 Å². The molecule has 6 heteroatoms. The van der Waals surface area contributed by atoms with Gasteiger partial charge in [0.2, 0.25) is 0 Å². The molecule has 1 aromatic heterocycles. The number of nitrogens with two attached hydrogens (primary N) is 1. The summed E-state index contributed by atoms with van der Waals surface area (Å²) < 4.78 is 22.9. The molecule has 16 heavy (non-hydrogen) atoms. The van der Waals surface area contributed by atoms with Crippen LogP contribution in [0.2, 0.25) is 0 Å². The Hall–Kier alpha value is -1.30. The average Bonchev–Trinajstić information content (AvgIpc) is 2.45. The summed E-state index contributed by atoms with van der Waals surface area (Å²) in [6.45, 7) is 1.89. The first kappa shape index (κ1) is 11.2. The summed E-state index contributed by atoms with van der Waals surface area (Å²) in [5, 5.41) is 3.17. The van der Waals surface area contributed by atoms with E-state index in [1.807, 2.05) is 6.92 Å². The van der Waals surface area contributed by atoms with E-state index in [9.17, 15) is 8.42 Å². The van der Waals surface area contributed by atoms with Crippen molar-refractivity contribution in [3.05, 3.63) is 18.3 Å². The smallest absolute Gasteiger partial charge is 0.152 e. The van der Waals surface area contributed by atoms with Crippen molar-refractivity contribution in [1.82, 2.24) is 4.98 Å². The van der Waals surface area contributed by atoms with Gasteiger partial charge in [0.25, 0.3) is 0 Å². The lowest BCUT2D eigenvalue weighted by Crippen LogP contribution is -2.36. The second-order valence-electron chi connectivity index (χ2n) is 4.46. The van der Waals surface area contributed by atoms with E-state index < -0.39 is 15.4 Å². The van der Waals surface area contributed by atoms with Gasteiger partial charge in [-0.15, -0.1) is 0 Å². The molecule has 1 saturated heterocycles. The highest BCUT2D eigenvalue weighted by Crippen LogP contribution is 2.28. The standard InChI is InChI=1S/C10H15N3O2S/c1-10(4-6-16(14,15)7-10)13-8-3-2-5-12-9(8)11/h2-3,5,13H,4,6-7H2,1H3,(H2,11,12). The number of rotatable bonds is 2. The normalized spacial score (nSPS) is 27.8. The van der Waals surface area contributed by atoms with E-state index in [1.165, 1.54) is 0 Å². The van der Waals surface area contributed by atoms with E-state index in [1.54, 1.807) is 18.3 Å². The van der Waals surface area contributed by atoms with E-state index in [-0.39, 0.29) is 11.5 Å². The molecule has 0 spiro atoms. The predicted octanol–water partition coefficient (Wildman–Crippen LogP) is 0.653. The number of anilines is 2. The fourth-order valence-electron chi connectivity index (χ4n) is 1.96. The molecule has 88 valence electrons. The molecule has 1 fully saturated rings. The van der Waals surface area contributed by atoms with Crippen molar-refractivity contribution < 1.29 is 8.42 Å². The molecule has 0 aromatic carbocycles. The first-order valence-corrected chi connectivity index (χ1v) is 6.91. The topological polar surface area (TPSA) is 85.1 Å². The second-order valence-corrected chi connectivity index (χ2v) is 6.65. The third kappa shape index (κ3) is 2.27. The third-order valence-electron chi connectivity index (χ3n) is 2.78. The molecule has 0 amide bonds. The lowest BCUT2D eigenvalue weighted by molar-refractivity contribution is 0.574. The fraction of sp³-hybridized carbons (Fsp3) is 0.500. The van der Waals surface area contributed by atoms with Crippen LogP contribution in [0.4, 0.5) is 11.5 Å². The van der Waals surface area contributed by atoms with Gasteiger partial charge in [0.15, 0.2) is 9.84 Å². The van der Waals surface area contributed by atoms with Crippen molar-refractivity contribution in [2.75, 3.05) is 22.6 Å². The fourth-order valence-corrected chi connectivity index (χ4v) is 4.05. The zero-order valence-corrected chi connectivity index (χ0v) is 9.92. The van der Waals surface area contributed by atoms with Gasteiger partial charge in [-0.25, -0.2) is 13.4 Å². The minimum atomic E-state index is -2.91. The van der Waals surface area contributed by atoms with Gasteiger partial charge in [-0.2, -0.15) is 0 Å². The summed E-state index contributed by atoms with van der Waals surface area (Å²) in [4.78, 5) is 3.95. The zero-order chi connectivity index (χ0) is 11.8. The molecular weight excluding hydrogens is 226 g/mol. The summed E-state index contributed by atoms with van der Waals surface area (Å²) in [5.74, 6) is 0.776. The number of sulfone groups is 1. The number of aromatic nitrogens is 1. The molecular formula is C10H15N3O2S. The highest BCUT2D eigenvalue weighted by Gasteiger charge is 2.38. The van der Waals surface area contributed by atoms with Crippen molar-refractivity contribution in [3.63, 3.8) is 0 Å². The van der Waals surface area contributed by atoms with Crippen LogP contribution >= 0.6 is 0 Å². The number of nitrogens with one attached hydrogen (secondary N) is 1. The van der Waals surface area contributed by atoms with Crippen molar-refractivity contribution in [2.24, 2.45) is 0 Å². The summed E-state index contributed by atoms with van der Waals surface area (Å²) >= 11 is 0. The number of hydrogen-bond acceptors (Lipinski definition) is 5. The molecule has 2 heterocycles. The zero-order valence-electron chi connectivity index (χ0n) is 9.10. The molecule has 1 unspecified atom stereocenters. The van der Waals surface area contributed by atoms with Crippen LogP contribution in [0, 0.1) is 0 Å². The minimum Gasteiger partial charge on any atom is -0.382 e. The quantitative estimate of drug-likeness (QED) is 0.794. The summed E-state index contributed by atoms with van der Waals surface area (Å²) in [6.07, 6.45) is 2.21. The van der Waals surface area contributed by atoms with E-state index in [0.29, 0.717) is 17.9 Å². The summed E-state index contributed by atoms with van der Waals surface area (Å²) in [5.41, 5.74) is 5.96. The van der Waals surface area contributed by atoms with Gasteiger partial charge >= 0.3 is 0 Å². The Morgan fingerprint density at radius 2 is 2.31 bits per heavy atom. The Morgan fingerprint density at radius 1 is 1.56 bits per heavy atom. The second kappa shape index (κ2) is 3.62. The van der Waals surface area contributed by atoms with Crippen molar-refractivity contribution in [2.45, 2.75) is 18.9 Å². The summed E-state index contributed by atoms with van der Waals surface area (Å²) in [7, 11) is -2.91. The Kier molecular flexibility index (Phi) is 2.53. The maximum atomic E-state index is 11.4. The number of pyridine rings is 1. The van der Waals surface area contributed by atoms with Crippen LogP contribution < -0.4 is 11.1 Å². The average molecular weight is 241 g/mol. The van der Waals surface area contributed by atoms with E-state index >= 15 is 0 Å². The lowest BCUT2D eigenvalue weighted by atomic mass is 10.0. The van der Waals surface area contributed by atoms with Crippen molar-refractivity contribution >= 4 is 21.3 Å². The SMILES string of the molecule is CC1(Nc2cccnc2N)CCS(=O)(=O)C1. The van der Waals surface area contributed by atoms with Gasteiger partial charge < -0.3 is 11.1 Å². The van der Waals surface area contributed by atoms with Crippen molar-refractivity contribution in [1.29, 1.82) is 0 Å². The number of nitrogen functional groups attached to an aromatic ring is 1. The van der Waals surface area contributed by atoms with Crippen LogP contribution in [0.25, 0.3) is 0 Å². The van der Waals surface area contributed by atoms with Crippen molar-refractivity contribution in [3.8, 4) is 0 Å². The molecule has 1 aliphatic heterocycles. The molecule has 3 N–H and O–H groups in total. The molecule has 0 saturated carbocycles. The maximum Gasteiger partial charge on any atom is 0.152 e. The van der Waals surface area contributed by atoms with Gasteiger partial charge in [-0.3, -0.25) is 0 Å². The van der Waals surface area contributed by atoms with E-state index in [4.69, 9.17) is 5.73 Å². The first-order chi connectivity index (χ1) is 7.40. The predicted molar refractivity (Wildman–Crippen MR) is 63.9 cm³/mol. The van der Waals surface area contributed by atoms with Crippen LogP contribution in [0.5, 0.6) is 0 Å². The summed E-state index contributed by atoms with van der Waals surface area (Å²) in [6, 6.07) is 3.57. The lowest BCUT2D eigenvalue weighted by Gasteiger charge is -2.25. The van der Waals surface area contributed by atoms with Crippen LogP contribution in [-0.2, 0) is 9.84 Å². The van der Waals surface area contributed by atoms with Gasteiger partial charge in [0.05, 0.1) is 17.2 Å². The Bertz CT molecular complexity index is 501. The number of hydrogen-bond donors (Lipinski definition) is 2. The van der Waals surface area contributed by atoms with E-state index in [2.05, 4.69) is 10.3 Å². The first-order valence-electron chi connectivity index (χ1n) is 5.09. The molecule has 1 atom stereocenters. The third-order valence-corrected chi connectivity index (χ3v) is 4.68. The Morgan fingerprint density at radius 3 is 2.88 bits per heavy atom. The Labute approximate surface area is 95.0 Å². The molecule has 0 radical (unpaired) electrons.